The number of fused-ring (bicyclic) bond motifs is 7. The van der Waals surface area contributed by atoms with Crippen molar-refractivity contribution < 1.29 is 27.8 Å². The molecule has 4 rings (SSSR count). The summed E-state index contributed by atoms with van der Waals surface area (Å²) in [7, 11) is 1.57. The Bertz CT molecular complexity index is 1220. The second-order valence-electron chi connectivity index (χ2n) is 9.13. The average molecular weight is 533 g/mol. The van der Waals surface area contributed by atoms with E-state index in [0.717, 1.165) is 19.3 Å². The van der Waals surface area contributed by atoms with Gasteiger partial charge >= 0.3 is 12.6 Å². The molecule has 3 aromatic heterocycles. The molecule has 1 N–H and O–H groups in total. The van der Waals surface area contributed by atoms with E-state index in [9.17, 15) is 13.6 Å². The van der Waals surface area contributed by atoms with Crippen molar-refractivity contribution in [3.63, 3.8) is 0 Å². The molecule has 0 spiro atoms. The van der Waals surface area contributed by atoms with Crippen molar-refractivity contribution in [2.75, 3.05) is 26.9 Å². The second-order valence-corrected chi connectivity index (χ2v) is 9.13. The molecule has 4 heterocycles. The number of nitrogens with zero attached hydrogens (tertiary/aromatic N) is 5. The first-order chi connectivity index (χ1) is 18.4. The lowest BCUT2D eigenvalue weighted by Gasteiger charge is -2.30. The number of ether oxygens (including phenoxy) is 3. The van der Waals surface area contributed by atoms with E-state index < -0.39 is 6.61 Å². The fourth-order valence-corrected chi connectivity index (χ4v) is 4.62. The van der Waals surface area contributed by atoms with Crippen molar-refractivity contribution in [1.82, 2.24) is 29.6 Å². The number of nitrogens with one attached hydrogen (secondary N) is 1. The molecule has 206 valence electrons. The number of halogens is 2. The molecular weight excluding hydrogens is 498 g/mol. The first-order valence-corrected chi connectivity index (χ1v) is 12.9. The van der Waals surface area contributed by atoms with Gasteiger partial charge in [0.1, 0.15) is 5.75 Å². The number of methoxy groups -OCH3 is 1. The van der Waals surface area contributed by atoms with Gasteiger partial charge in [-0.05, 0) is 45.6 Å². The Kier molecular flexibility index (Phi) is 9.27. The van der Waals surface area contributed by atoms with Gasteiger partial charge in [-0.25, -0.2) is 14.8 Å². The minimum absolute atomic E-state index is 0.140. The zero-order chi connectivity index (χ0) is 27.1. The average Bonchev–Trinajstić information content (AvgIpc) is 3.38. The quantitative estimate of drug-likeness (QED) is 0.484. The molecule has 0 saturated carbocycles. The maximum absolute atomic E-state index is 13.3. The van der Waals surface area contributed by atoms with Crippen LogP contribution in [0.15, 0.2) is 30.9 Å². The van der Waals surface area contributed by atoms with E-state index in [-0.39, 0.29) is 31.1 Å². The highest BCUT2D eigenvalue weighted by molar-refractivity contribution is 5.75. The minimum Gasteiger partial charge on any atom is -0.494 e. The fraction of sp³-hybridized carbons (Fsp3) is 0.538. The van der Waals surface area contributed by atoms with Crippen LogP contribution in [0.3, 0.4) is 0 Å². The molecule has 0 fully saturated rings. The lowest BCUT2D eigenvalue weighted by Crippen LogP contribution is -2.46. The molecule has 2 amide bonds. The molecule has 38 heavy (non-hydrogen) atoms. The molecule has 0 aromatic carbocycles. The fourth-order valence-electron chi connectivity index (χ4n) is 4.62. The van der Waals surface area contributed by atoms with Gasteiger partial charge in [0, 0.05) is 36.7 Å². The van der Waals surface area contributed by atoms with Crippen LogP contribution in [-0.2, 0) is 4.74 Å². The maximum Gasteiger partial charge on any atom is 0.345 e. The standard InChI is InChI=1S/C26H34F2N6O4/c1-4-34-17(2)20-14-19(22(36-3)15-30-20)21-16-33-11-10-29-23(33)24(32-21)37-12-7-5-6-8-18(31-26(34)35)9-13-38-25(27)28/h10-11,14-18,25H,4-9,12-13H2,1-3H3,(H,31,35)/t17-,18?/m1/s1. The Morgan fingerprint density at radius 2 is 2.11 bits per heavy atom. The van der Waals surface area contributed by atoms with Gasteiger partial charge in [-0.15, -0.1) is 0 Å². The minimum atomic E-state index is -2.84. The normalized spacial score (nSPS) is 19.2. The largest absolute Gasteiger partial charge is 0.494 e. The molecule has 1 aliphatic heterocycles. The van der Waals surface area contributed by atoms with E-state index in [1.54, 1.807) is 24.4 Å². The molecule has 4 bridgehead atoms. The van der Waals surface area contributed by atoms with Crippen molar-refractivity contribution >= 4 is 11.7 Å². The van der Waals surface area contributed by atoms with E-state index >= 15 is 0 Å². The van der Waals surface area contributed by atoms with Gasteiger partial charge in [-0.2, -0.15) is 8.78 Å². The topological polar surface area (TPSA) is 103 Å². The van der Waals surface area contributed by atoms with Crippen molar-refractivity contribution in [3.05, 3.63) is 36.5 Å². The van der Waals surface area contributed by atoms with E-state index in [0.29, 0.717) is 53.8 Å². The first kappa shape index (κ1) is 27.5. The number of hydrogen-bond acceptors (Lipinski definition) is 7. The number of alkyl halides is 2. The van der Waals surface area contributed by atoms with Gasteiger partial charge in [0.2, 0.25) is 5.65 Å². The molecule has 0 radical (unpaired) electrons. The summed E-state index contributed by atoms with van der Waals surface area (Å²) < 4.78 is 43.0. The van der Waals surface area contributed by atoms with Crippen LogP contribution in [0.4, 0.5) is 13.6 Å². The summed E-state index contributed by atoms with van der Waals surface area (Å²) in [6.45, 7) is 1.66. The van der Waals surface area contributed by atoms with E-state index in [4.69, 9.17) is 14.5 Å². The number of amides is 2. The van der Waals surface area contributed by atoms with Gasteiger partial charge in [0.05, 0.1) is 44.0 Å². The van der Waals surface area contributed by atoms with Crippen molar-refractivity contribution in [2.45, 2.75) is 64.6 Å². The summed E-state index contributed by atoms with van der Waals surface area (Å²) in [4.78, 5) is 28.7. The van der Waals surface area contributed by atoms with Gasteiger partial charge in [0.15, 0.2) is 0 Å². The number of aromatic nitrogens is 4. The van der Waals surface area contributed by atoms with Gasteiger partial charge < -0.3 is 28.8 Å². The predicted octanol–water partition coefficient (Wildman–Crippen LogP) is 4.84. The summed E-state index contributed by atoms with van der Waals surface area (Å²) in [5.41, 5.74) is 2.58. The van der Waals surface area contributed by atoms with Crippen molar-refractivity contribution in [1.29, 1.82) is 0 Å². The van der Waals surface area contributed by atoms with E-state index in [2.05, 4.69) is 20.0 Å². The first-order valence-electron chi connectivity index (χ1n) is 12.9. The van der Waals surface area contributed by atoms with Gasteiger partial charge in [0.25, 0.3) is 5.88 Å². The highest BCUT2D eigenvalue weighted by Gasteiger charge is 2.25. The molecule has 2 atom stereocenters. The van der Waals surface area contributed by atoms with Crippen LogP contribution in [0, 0.1) is 0 Å². The third kappa shape index (κ3) is 6.47. The Morgan fingerprint density at radius 1 is 1.26 bits per heavy atom. The number of carbonyl (C=O) groups is 1. The number of rotatable bonds is 6. The van der Waals surface area contributed by atoms with Crippen LogP contribution in [0.25, 0.3) is 16.9 Å². The SMILES string of the molecule is CCN1C(=O)NC(CCOC(F)F)CCCCCOc2nc(cn3ccnc23)-c2cc(ncc2OC)[C@H]1C. The lowest BCUT2D eigenvalue weighted by atomic mass is 10.1. The molecule has 1 unspecified atom stereocenters. The molecule has 10 nitrogen and oxygen atoms in total. The third-order valence-electron chi connectivity index (χ3n) is 6.70. The molecule has 1 aliphatic rings. The highest BCUT2D eigenvalue weighted by Crippen LogP contribution is 2.33. The van der Waals surface area contributed by atoms with Crippen LogP contribution >= 0.6 is 0 Å². The molecular formula is C26H34F2N6O4. The third-order valence-corrected chi connectivity index (χ3v) is 6.70. The monoisotopic (exact) mass is 532 g/mol. The molecule has 3 aromatic rings. The summed E-state index contributed by atoms with van der Waals surface area (Å²) >= 11 is 0. The lowest BCUT2D eigenvalue weighted by molar-refractivity contribution is -0.130. The van der Waals surface area contributed by atoms with Crippen LogP contribution in [0.2, 0.25) is 0 Å². The van der Waals surface area contributed by atoms with Crippen molar-refractivity contribution in [2.24, 2.45) is 0 Å². The zero-order valence-electron chi connectivity index (χ0n) is 21.9. The van der Waals surface area contributed by atoms with Gasteiger partial charge in [-0.3, -0.25) is 4.98 Å². The van der Waals surface area contributed by atoms with Crippen LogP contribution in [0.5, 0.6) is 11.6 Å². The Labute approximate surface area is 220 Å². The summed E-state index contributed by atoms with van der Waals surface area (Å²) in [5.74, 6) is 0.947. The van der Waals surface area contributed by atoms with Crippen LogP contribution in [-0.4, -0.2) is 69.8 Å². The number of imidazole rings is 1. The van der Waals surface area contributed by atoms with Crippen LogP contribution in [0.1, 0.15) is 57.7 Å². The molecule has 0 saturated heterocycles. The number of carbonyl (C=O) groups excluding carboxylic acids is 1. The van der Waals surface area contributed by atoms with Gasteiger partial charge in [-0.1, -0.05) is 6.42 Å². The summed E-state index contributed by atoms with van der Waals surface area (Å²) in [6, 6.07) is 0.889. The molecule has 0 aliphatic carbocycles. The Hall–Kier alpha value is -3.54. The number of pyridine rings is 1. The summed E-state index contributed by atoms with van der Waals surface area (Å²) in [6.07, 6.45) is 10.3. The summed E-state index contributed by atoms with van der Waals surface area (Å²) in [5, 5.41) is 3.03. The predicted molar refractivity (Wildman–Crippen MR) is 136 cm³/mol. The Balaban J connectivity index is 1.70. The van der Waals surface area contributed by atoms with E-state index in [1.165, 1.54) is 0 Å². The number of hydrogen-bond donors (Lipinski definition) is 1. The smallest absolute Gasteiger partial charge is 0.345 e. The van der Waals surface area contributed by atoms with Crippen LogP contribution < -0.4 is 14.8 Å². The maximum atomic E-state index is 13.3. The second kappa shape index (κ2) is 12.8. The zero-order valence-corrected chi connectivity index (χ0v) is 21.9. The Morgan fingerprint density at radius 3 is 2.87 bits per heavy atom. The highest BCUT2D eigenvalue weighted by atomic mass is 19.3. The van der Waals surface area contributed by atoms with Crippen molar-refractivity contribution in [3.8, 4) is 22.9 Å². The number of urea groups is 1. The van der Waals surface area contributed by atoms with E-state index in [1.807, 2.05) is 36.7 Å². The molecule has 12 heteroatoms.